The van der Waals surface area contributed by atoms with Crippen LogP contribution in [-0.2, 0) is 6.54 Å². The third-order valence-electron chi connectivity index (χ3n) is 5.90. The zero-order chi connectivity index (χ0) is 24.0. The number of phenolic OH excluding ortho intramolecular Hbond substituents is 2. The molecule has 0 saturated heterocycles. The molecule has 3 N–H and O–H groups in total. The maximum absolute atomic E-state index is 13.5. The van der Waals surface area contributed by atoms with E-state index in [0.29, 0.717) is 51.2 Å². The molecule has 0 bridgehead atoms. The molecule has 34 heavy (non-hydrogen) atoms. The average Bonchev–Trinajstić information content (AvgIpc) is 3.53. The Kier molecular flexibility index (Phi) is 5.45. The number of hydrogen-bond donors (Lipinski definition) is 3. The molecule has 3 heterocycles. The van der Waals surface area contributed by atoms with E-state index in [1.54, 1.807) is 54.5 Å². The lowest BCUT2D eigenvalue weighted by atomic mass is 9.95. The molecule has 2 aromatic heterocycles. The zero-order valence-electron chi connectivity index (χ0n) is 18.5. The average molecular weight is 480 g/mol. The van der Waals surface area contributed by atoms with Crippen molar-refractivity contribution in [3.8, 4) is 28.5 Å². The molecule has 0 spiro atoms. The van der Waals surface area contributed by atoms with Gasteiger partial charge in [-0.1, -0.05) is 17.7 Å². The minimum atomic E-state index is -0.583. The van der Waals surface area contributed by atoms with E-state index >= 15 is 0 Å². The predicted molar refractivity (Wildman–Crippen MR) is 125 cm³/mol. The number of amides is 1. The van der Waals surface area contributed by atoms with Gasteiger partial charge in [0.25, 0.3) is 5.91 Å². The molecule has 1 aliphatic heterocycles. The lowest BCUT2D eigenvalue weighted by molar-refractivity contribution is 0.0716. The minimum absolute atomic E-state index is 0.00288. The number of phenols is 2. The number of aromatic amines is 1. The highest BCUT2D eigenvalue weighted by Crippen LogP contribution is 2.47. The summed E-state index contributed by atoms with van der Waals surface area (Å²) in [6.07, 6.45) is 1.55. The Morgan fingerprint density at radius 2 is 2.03 bits per heavy atom. The van der Waals surface area contributed by atoms with E-state index in [2.05, 4.69) is 10.2 Å². The SMILES string of the molecule is CCOc1cc(C2c3c(-c4cc(Cl)c(C)cc4O)n[nH]c3C(=O)N2Cc2ccco2)ccc1O. The first kappa shape index (κ1) is 21.9. The number of nitrogens with zero attached hydrogens (tertiary/aromatic N) is 2. The second-order valence-electron chi connectivity index (χ2n) is 8.05. The van der Waals surface area contributed by atoms with Crippen molar-refractivity contribution in [3.05, 3.63) is 81.9 Å². The predicted octanol–water partition coefficient (Wildman–Crippen LogP) is 5.19. The summed E-state index contributed by atoms with van der Waals surface area (Å²) in [5.74, 6) is 0.669. The molecule has 174 valence electrons. The van der Waals surface area contributed by atoms with Gasteiger partial charge in [-0.15, -0.1) is 0 Å². The first-order valence-corrected chi connectivity index (χ1v) is 11.1. The molecule has 1 aliphatic rings. The molecule has 0 aliphatic carbocycles. The standard InChI is InChI=1S/C25H22ClN3O5/c1-3-33-20-10-14(6-7-18(20)30)24-21-22(16-11-17(26)13(2)9-19(16)31)27-28-23(21)25(32)29(24)12-15-5-4-8-34-15/h4-11,24,30-31H,3,12H2,1-2H3,(H,27,28). The molecular formula is C25H22ClN3O5. The molecule has 9 heteroatoms. The molecule has 4 aromatic rings. The molecule has 1 amide bonds. The number of ether oxygens (including phenoxy) is 1. The quantitative estimate of drug-likeness (QED) is 0.351. The van der Waals surface area contributed by atoms with Crippen LogP contribution in [0.2, 0.25) is 5.02 Å². The number of aromatic hydroxyl groups is 2. The maximum atomic E-state index is 13.5. The summed E-state index contributed by atoms with van der Waals surface area (Å²) in [7, 11) is 0. The Hall–Kier alpha value is -3.91. The number of halogens is 1. The normalized spacial score (nSPS) is 15.1. The van der Waals surface area contributed by atoms with Crippen LogP contribution in [-0.4, -0.2) is 37.8 Å². The van der Waals surface area contributed by atoms with Gasteiger partial charge < -0.3 is 24.3 Å². The number of benzene rings is 2. The minimum Gasteiger partial charge on any atom is -0.507 e. The molecule has 1 atom stereocenters. The van der Waals surface area contributed by atoms with Gasteiger partial charge in [0.2, 0.25) is 0 Å². The molecule has 5 rings (SSSR count). The molecule has 1 unspecified atom stereocenters. The Morgan fingerprint density at radius 1 is 1.21 bits per heavy atom. The summed E-state index contributed by atoms with van der Waals surface area (Å²) >= 11 is 6.35. The number of aryl methyl sites for hydroxylation is 1. The summed E-state index contributed by atoms with van der Waals surface area (Å²) in [6.45, 7) is 4.20. The van der Waals surface area contributed by atoms with E-state index in [1.807, 2.05) is 6.92 Å². The number of hydrogen-bond acceptors (Lipinski definition) is 6. The monoisotopic (exact) mass is 479 g/mol. The summed E-state index contributed by atoms with van der Waals surface area (Å²) in [5, 5.41) is 28.6. The number of fused-ring (bicyclic) bond motifs is 1. The van der Waals surface area contributed by atoms with E-state index in [-0.39, 0.29) is 24.0 Å². The van der Waals surface area contributed by atoms with Crippen molar-refractivity contribution in [3.63, 3.8) is 0 Å². The third kappa shape index (κ3) is 3.56. The first-order chi connectivity index (χ1) is 16.4. The maximum Gasteiger partial charge on any atom is 0.273 e. The van der Waals surface area contributed by atoms with E-state index < -0.39 is 6.04 Å². The summed E-state index contributed by atoms with van der Waals surface area (Å²) < 4.78 is 11.1. The first-order valence-electron chi connectivity index (χ1n) is 10.8. The van der Waals surface area contributed by atoms with Gasteiger partial charge >= 0.3 is 0 Å². The number of carbonyl (C=O) groups excluding carboxylic acids is 1. The Morgan fingerprint density at radius 3 is 2.76 bits per heavy atom. The van der Waals surface area contributed by atoms with Crippen molar-refractivity contribution < 1.29 is 24.2 Å². The fourth-order valence-corrected chi connectivity index (χ4v) is 4.47. The number of rotatable bonds is 6. The molecule has 0 radical (unpaired) electrons. The van der Waals surface area contributed by atoms with Gasteiger partial charge in [0.05, 0.1) is 25.5 Å². The third-order valence-corrected chi connectivity index (χ3v) is 6.31. The highest BCUT2D eigenvalue weighted by Gasteiger charge is 2.43. The van der Waals surface area contributed by atoms with Gasteiger partial charge in [-0.25, -0.2) is 0 Å². The Bertz CT molecular complexity index is 1380. The van der Waals surface area contributed by atoms with E-state index in [1.165, 1.54) is 6.07 Å². The van der Waals surface area contributed by atoms with Crippen LogP contribution in [0, 0.1) is 6.92 Å². The van der Waals surface area contributed by atoms with Gasteiger partial charge in [0, 0.05) is 16.1 Å². The second-order valence-corrected chi connectivity index (χ2v) is 8.46. The Balaban J connectivity index is 1.70. The van der Waals surface area contributed by atoms with Crippen LogP contribution < -0.4 is 4.74 Å². The fraction of sp³-hybridized carbons (Fsp3) is 0.200. The van der Waals surface area contributed by atoms with Crippen molar-refractivity contribution in [2.75, 3.05) is 6.61 Å². The van der Waals surface area contributed by atoms with Crippen LogP contribution in [0.4, 0.5) is 0 Å². The number of nitrogens with one attached hydrogen (secondary N) is 1. The van der Waals surface area contributed by atoms with Crippen molar-refractivity contribution in [1.82, 2.24) is 15.1 Å². The van der Waals surface area contributed by atoms with Gasteiger partial charge in [0.1, 0.15) is 22.9 Å². The summed E-state index contributed by atoms with van der Waals surface area (Å²) in [6, 6.07) is 11.2. The number of carbonyl (C=O) groups is 1. The smallest absolute Gasteiger partial charge is 0.273 e. The lowest BCUT2D eigenvalue weighted by Gasteiger charge is -2.26. The zero-order valence-corrected chi connectivity index (χ0v) is 19.3. The van der Waals surface area contributed by atoms with Crippen LogP contribution in [0.25, 0.3) is 11.3 Å². The highest BCUT2D eigenvalue weighted by molar-refractivity contribution is 6.31. The molecule has 0 saturated carbocycles. The van der Waals surface area contributed by atoms with Gasteiger partial charge in [-0.05, 0) is 61.4 Å². The number of aromatic nitrogens is 2. The topological polar surface area (TPSA) is 112 Å². The van der Waals surface area contributed by atoms with Crippen LogP contribution in [0.5, 0.6) is 17.2 Å². The van der Waals surface area contributed by atoms with E-state index in [9.17, 15) is 15.0 Å². The number of H-pyrrole nitrogens is 1. The van der Waals surface area contributed by atoms with Crippen LogP contribution in [0.15, 0.2) is 53.1 Å². The van der Waals surface area contributed by atoms with Crippen molar-refractivity contribution in [2.24, 2.45) is 0 Å². The Labute approximate surface area is 200 Å². The second kappa shape index (κ2) is 8.46. The fourth-order valence-electron chi connectivity index (χ4n) is 4.31. The van der Waals surface area contributed by atoms with E-state index in [4.69, 9.17) is 20.8 Å². The van der Waals surface area contributed by atoms with Crippen molar-refractivity contribution >= 4 is 17.5 Å². The van der Waals surface area contributed by atoms with Crippen molar-refractivity contribution in [2.45, 2.75) is 26.4 Å². The van der Waals surface area contributed by atoms with Crippen molar-refractivity contribution in [1.29, 1.82) is 0 Å². The summed E-state index contributed by atoms with van der Waals surface area (Å²) in [5.41, 5.74) is 3.17. The lowest BCUT2D eigenvalue weighted by Crippen LogP contribution is -2.29. The van der Waals surface area contributed by atoms with Crippen LogP contribution in [0.1, 0.15) is 45.9 Å². The molecule has 2 aromatic carbocycles. The van der Waals surface area contributed by atoms with Crippen LogP contribution in [0.3, 0.4) is 0 Å². The highest BCUT2D eigenvalue weighted by atomic mass is 35.5. The largest absolute Gasteiger partial charge is 0.507 e. The number of furan rings is 1. The molecule has 8 nitrogen and oxygen atoms in total. The summed E-state index contributed by atoms with van der Waals surface area (Å²) in [4.78, 5) is 15.1. The molecular weight excluding hydrogens is 458 g/mol. The van der Waals surface area contributed by atoms with E-state index in [0.717, 1.165) is 5.56 Å². The van der Waals surface area contributed by atoms with Gasteiger partial charge in [-0.3, -0.25) is 9.89 Å². The van der Waals surface area contributed by atoms with Gasteiger partial charge in [-0.2, -0.15) is 5.10 Å². The van der Waals surface area contributed by atoms with Gasteiger partial charge in [0.15, 0.2) is 11.5 Å². The van der Waals surface area contributed by atoms with Crippen LogP contribution >= 0.6 is 11.6 Å². The molecule has 0 fully saturated rings.